The number of anilines is 1. The Morgan fingerprint density at radius 3 is 2.61 bits per heavy atom. The maximum Gasteiger partial charge on any atom is 0.255 e. The first-order valence-electron chi connectivity index (χ1n) is 5.40. The highest BCUT2D eigenvalue weighted by Gasteiger charge is 2.10. The fourth-order valence-corrected chi connectivity index (χ4v) is 2.16. The average molecular weight is 355 g/mol. The second kappa shape index (κ2) is 5.48. The molecular weight excluding hydrogens is 344 g/mol. The van der Waals surface area contributed by atoms with Crippen LogP contribution in [0.5, 0.6) is 0 Å². The summed E-state index contributed by atoms with van der Waals surface area (Å²) in [6, 6.07) is 11.6. The van der Waals surface area contributed by atoms with Crippen LogP contribution in [0.3, 0.4) is 0 Å². The smallest absolute Gasteiger partial charge is 0.255 e. The van der Waals surface area contributed by atoms with E-state index in [0.717, 1.165) is 9.26 Å². The van der Waals surface area contributed by atoms with Gasteiger partial charge in [0.15, 0.2) is 0 Å². The lowest BCUT2D eigenvalue weighted by molar-refractivity contribution is 0.102. The van der Waals surface area contributed by atoms with Gasteiger partial charge in [0.25, 0.3) is 5.91 Å². The molecule has 1 N–H and O–H groups in total. The molecule has 0 atom stereocenters. The standard InChI is InChI=1S/C14H11FINO/c1-9-8-10(15)6-7-11(9)14(18)17-13-5-3-2-4-12(13)16/h2-8H,1H3,(H,17,18). The fraction of sp³-hybridized carbons (Fsp3) is 0.0714. The predicted molar refractivity (Wildman–Crippen MR) is 78.2 cm³/mol. The number of halogens is 2. The number of hydrogen-bond acceptors (Lipinski definition) is 1. The molecule has 2 rings (SSSR count). The zero-order valence-corrected chi connectivity index (χ0v) is 11.9. The van der Waals surface area contributed by atoms with Gasteiger partial charge in [-0.15, -0.1) is 0 Å². The van der Waals surface area contributed by atoms with Gasteiger partial charge in [-0.25, -0.2) is 4.39 Å². The van der Waals surface area contributed by atoms with E-state index in [1.165, 1.54) is 18.2 Å². The van der Waals surface area contributed by atoms with E-state index in [-0.39, 0.29) is 11.7 Å². The Morgan fingerprint density at radius 1 is 1.22 bits per heavy atom. The minimum Gasteiger partial charge on any atom is -0.321 e. The Morgan fingerprint density at radius 2 is 1.94 bits per heavy atom. The van der Waals surface area contributed by atoms with E-state index < -0.39 is 0 Å². The second-order valence-electron chi connectivity index (χ2n) is 3.89. The van der Waals surface area contributed by atoms with Crippen LogP contribution in [-0.2, 0) is 0 Å². The molecule has 0 spiro atoms. The van der Waals surface area contributed by atoms with Gasteiger partial charge in [0, 0.05) is 9.13 Å². The van der Waals surface area contributed by atoms with Gasteiger partial charge < -0.3 is 5.32 Å². The third-order valence-electron chi connectivity index (χ3n) is 2.56. The quantitative estimate of drug-likeness (QED) is 0.811. The zero-order valence-electron chi connectivity index (χ0n) is 9.71. The molecule has 0 bridgehead atoms. The minimum absolute atomic E-state index is 0.225. The van der Waals surface area contributed by atoms with Crippen molar-refractivity contribution in [2.45, 2.75) is 6.92 Å². The third kappa shape index (κ3) is 2.87. The molecule has 0 saturated heterocycles. The van der Waals surface area contributed by atoms with Gasteiger partial charge in [-0.05, 0) is 65.4 Å². The lowest BCUT2D eigenvalue weighted by Crippen LogP contribution is -2.14. The molecule has 18 heavy (non-hydrogen) atoms. The molecule has 0 radical (unpaired) electrons. The molecular formula is C14H11FINO. The molecule has 0 saturated carbocycles. The van der Waals surface area contributed by atoms with Crippen LogP contribution in [0.1, 0.15) is 15.9 Å². The Kier molecular flexibility index (Phi) is 3.96. The summed E-state index contributed by atoms with van der Waals surface area (Å²) in [4.78, 5) is 12.1. The molecule has 2 aromatic carbocycles. The fourth-order valence-electron chi connectivity index (χ4n) is 1.63. The minimum atomic E-state index is -0.335. The molecule has 92 valence electrons. The van der Waals surface area contributed by atoms with Crippen molar-refractivity contribution >= 4 is 34.2 Å². The maximum absolute atomic E-state index is 13.0. The van der Waals surface area contributed by atoms with Crippen LogP contribution in [0, 0.1) is 16.3 Å². The summed E-state index contributed by atoms with van der Waals surface area (Å²) in [5.74, 6) is -0.560. The SMILES string of the molecule is Cc1cc(F)ccc1C(=O)Nc1ccccc1I. The summed E-state index contributed by atoms with van der Waals surface area (Å²) in [6.45, 7) is 1.72. The van der Waals surface area contributed by atoms with Gasteiger partial charge in [-0.1, -0.05) is 12.1 Å². The summed E-state index contributed by atoms with van der Waals surface area (Å²) < 4.78 is 13.9. The van der Waals surface area contributed by atoms with Crippen LogP contribution in [0.4, 0.5) is 10.1 Å². The van der Waals surface area contributed by atoms with Gasteiger partial charge in [0.05, 0.1) is 5.69 Å². The van der Waals surface area contributed by atoms with E-state index in [1.54, 1.807) is 6.92 Å². The Labute approximate surface area is 118 Å². The Hall–Kier alpha value is -1.43. The number of aryl methyl sites for hydroxylation is 1. The zero-order chi connectivity index (χ0) is 13.1. The van der Waals surface area contributed by atoms with E-state index in [2.05, 4.69) is 27.9 Å². The first-order valence-corrected chi connectivity index (χ1v) is 6.48. The van der Waals surface area contributed by atoms with Crippen molar-refractivity contribution in [1.82, 2.24) is 0 Å². The number of para-hydroxylation sites is 1. The van der Waals surface area contributed by atoms with Crippen molar-refractivity contribution in [3.05, 3.63) is 63.0 Å². The number of nitrogens with one attached hydrogen (secondary N) is 1. The van der Waals surface area contributed by atoms with Crippen LogP contribution in [0.2, 0.25) is 0 Å². The highest BCUT2D eigenvalue weighted by atomic mass is 127. The molecule has 0 fully saturated rings. The van der Waals surface area contributed by atoms with Crippen molar-refractivity contribution in [2.75, 3.05) is 5.32 Å². The largest absolute Gasteiger partial charge is 0.321 e. The number of amides is 1. The molecule has 1 amide bonds. The molecule has 0 aromatic heterocycles. The van der Waals surface area contributed by atoms with E-state index >= 15 is 0 Å². The van der Waals surface area contributed by atoms with Gasteiger partial charge in [-0.2, -0.15) is 0 Å². The predicted octanol–water partition coefficient (Wildman–Crippen LogP) is 3.99. The summed E-state index contributed by atoms with van der Waals surface area (Å²) in [7, 11) is 0. The highest BCUT2D eigenvalue weighted by molar-refractivity contribution is 14.1. The van der Waals surface area contributed by atoms with Gasteiger partial charge in [-0.3, -0.25) is 4.79 Å². The van der Waals surface area contributed by atoms with Crippen LogP contribution in [-0.4, -0.2) is 5.91 Å². The summed E-state index contributed by atoms with van der Waals surface area (Å²) in [5.41, 5.74) is 1.86. The van der Waals surface area contributed by atoms with Crippen LogP contribution < -0.4 is 5.32 Å². The molecule has 0 unspecified atom stereocenters. The van der Waals surface area contributed by atoms with Crippen molar-refractivity contribution in [1.29, 1.82) is 0 Å². The van der Waals surface area contributed by atoms with Crippen molar-refractivity contribution in [2.24, 2.45) is 0 Å². The Balaban J connectivity index is 2.25. The summed E-state index contributed by atoms with van der Waals surface area (Å²) in [6.07, 6.45) is 0. The second-order valence-corrected chi connectivity index (χ2v) is 5.06. The van der Waals surface area contributed by atoms with Gasteiger partial charge in [0.2, 0.25) is 0 Å². The topological polar surface area (TPSA) is 29.1 Å². The molecule has 2 aromatic rings. The lowest BCUT2D eigenvalue weighted by Gasteiger charge is -2.09. The lowest BCUT2D eigenvalue weighted by atomic mass is 10.1. The molecule has 0 aliphatic rings. The van der Waals surface area contributed by atoms with Crippen LogP contribution in [0.25, 0.3) is 0 Å². The number of carbonyl (C=O) groups is 1. The molecule has 2 nitrogen and oxygen atoms in total. The molecule has 0 aliphatic heterocycles. The van der Waals surface area contributed by atoms with Crippen molar-refractivity contribution in [3.8, 4) is 0 Å². The molecule has 0 heterocycles. The summed E-state index contributed by atoms with van der Waals surface area (Å²) in [5, 5.41) is 2.82. The average Bonchev–Trinajstić information content (AvgIpc) is 2.32. The van der Waals surface area contributed by atoms with E-state index in [1.807, 2.05) is 24.3 Å². The number of benzene rings is 2. The van der Waals surface area contributed by atoms with Crippen LogP contribution >= 0.6 is 22.6 Å². The van der Waals surface area contributed by atoms with Crippen molar-refractivity contribution in [3.63, 3.8) is 0 Å². The van der Waals surface area contributed by atoms with Crippen LogP contribution in [0.15, 0.2) is 42.5 Å². The highest BCUT2D eigenvalue weighted by Crippen LogP contribution is 2.19. The van der Waals surface area contributed by atoms with Crippen molar-refractivity contribution < 1.29 is 9.18 Å². The number of carbonyl (C=O) groups excluding carboxylic acids is 1. The normalized spacial score (nSPS) is 10.2. The number of hydrogen-bond donors (Lipinski definition) is 1. The Bertz CT molecular complexity index is 598. The summed E-state index contributed by atoms with van der Waals surface area (Å²) >= 11 is 2.15. The van der Waals surface area contributed by atoms with E-state index in [0.29, 0.717) is 11.1 Å². The van der Waals surface area contributed by atoms with Gasteiger partial charge in [0.1, 0.15) is 5.82 Å². The number of rotatable bonds is 2. The molecule has 4 heteroatoms. The van der Waals surface area contributed by atoms with E-state index in [4.69, 9.17) is 0 Å². The monoisotopic (exact) mass is 355 g/mol. The maximum atomic E-state index is 13.0. The van der Waals surface area contributed by atoms with E-state index in [9.17, 15) is 9.18 Å². The third-order valence-corrected chi connectivity index (χ3v) is 3.50. The first kappa shape index (κ1) is 13.0. The molecule has 0 aliphatic carbocycles. The first-order chi connectivity index (χ1) is 8.58. The van der Waals surface area contributed by atoms with Gasteiger partial charge >= 0.3 is 0 Å².